The van der Waals surface area contributed by atoms with Gasteiger partial charge in [0.05, 0.1) is 24.9 Å². The second kappa shape index (κ2) is 7.07. The predicted octanol–water partition coefficient (Wildman–Crippen LogP) is 1.65. The maximum Gasteiger partial charge on any atom is 0.309 e. The fourth-order valence-electron chi connectivity index (χ4n) is 3.68. The van der Waals surface area contributed by atoms with E-state index in [4.69, 9.17) is 9.47 Å². The minimum atomic E-state index is -3.31. The largest absolute Gasteiger partial charge is 0.469 e. The molecule has 0 aromatic rings. The number of esters is 1. The first kappa shape index (κ1) is 18.7. The monoisotopic (exact) mass is 347 g/mol. The Hall–Kier alpha value is -0.660. The second-order valence-corrected chi connectivity index (χ2v) is 9.32. The van der Waals surface area contributed by atoms with Crippen molar-refractivity contribution in [3.63, 3.8) is 0 Å². The normalized spacial score (nSPS) is 25.5. The average molecular weight is 347 g/mol. The van der Waals surface area contributed by atoms with Crippen molar-refractivity contribution in [2.45, 2.75) is 45.6 Å². The van der Waals surface area contributed by atoms with E-state index in [1.807, 2.05) is 0 Å². The van der Waals surface area contributed by atoms with Gasteiger partial charge in [0.15, 0.2) is 0 Å². The van der Waals surface area contributed by atoms with Crippen LogP contribution in [0.3, 0.4) is 0 Å². The highest BCUT2D eigenvalue weighted by Gasteiger charge is 2.59. The molecule has 2 unspecified atom stereocenters. The van der Waals surface area contributed by atoms with Gasteiger partial charge in [-0.15, -0.1) is 0 Å². The number of carbonyl (C=O) groups excluding carboxylic acids is 1. The molecule has 1 saturated carbocycles. The van der Waals surface area contributed by atoms with Gasteiger partial charge < -0.3 is 9.47 Å². The summed E-state index contributed by atoms with van der Waals surface area (Å²) in [6.07, 6.45) is 2.79. The van der Waals surface area contributed by atoms with Gasteiger partial charge in [-0.05, 0) is 37.0 Å². The van der Waals surface area contributed by atoms with E-state index in [0.29, 0.717) is 19.0 Å². The lowest BCUT2D eigenvalue weighted by molar-refractivity contribution is -0.143. The van der Waals surface area contributed by atoms with Crippen molar-refractivity contribution in [1.82, 2.24) is 4.31 Å². The number of carbonyl (C=O) groups is 1. The summed E-state index contributed by atoms with van der Waals surface area (Å²) in [7, 11) is -0.335. The number of nitrogens with zero attached hydrogens (tertiary/aromatic N) is 1. The van der Waals surface area contributed by atoms with E-state index in [0.717, 1.165) is 25.7 Å². The molecule has 0 radical (unpaired) electrons. The Labute approximate surface area is 139 Å². The van der Waals surface area contributed by atoms with E-state index in [2.05, 4.69) is 13.8 Å². The van der Waals surface area contributed by atoms with Crippen LogP contribution in [0.25, 0.3) is 0 Å². The van der Waals surface area contributed by atoms with Crippen LogP contribution in [0, 0.1) is 17.3 Å². The molecule has 6 nitrogen and oxygen atoms in total. The predicted molar refractivity (Wildman–Crippen MR) is 87.4 cm³/mol. The summed E-state index contributed by atoms with van der Waals surface area (Å²) >= 11 is 0. The molecule has 0 aromatic carbocycles. The zero-order valence-electron chi connectivity index (χ0n) is 14.6. The Bertz CT molecular complexity index is 523. The highest BCUT2D eigenvalue weighted by Crippen LogP contribution is 2.59. The fourth-order valence-corrected chi connectivity index (χ4v) is 5.38. The van der Waals surface area contributed by atoms with Crippen molar-refractivity contribution in [2.75, 3.05) is 33.1 Å². The molecule has 0 aromatic heterocycles. The van der Waals surface area contributed by atoms with Crippen LogP contribution in [0.5, 0.6) is 0 Å². The molecule has 2 aliphatic rings. The quantitative estimate of drug-likeness (QED) is 0.655. The summed E-state index contributed by atoms with van der Waals surface area (Å²) in [4.78, 5) is 11.6. The molecule has 1 spiro atoms. The van der Waals surface area contributed by atoms with Crippen LogP contribution in [0.15, 0.2) is 0 Å². The maximum atomic E-state index is 12.6. The Morgan fingerprint density at radius 1 is 1.26 bits per heavy atom. The van der Waals surface area contributed by atoms with E-state index < -0.39 is 10.0 Å². The molecule has 2 fully saturated rings. The van der Waals surface area contributed by atoms with E-state index >= 15 is 0 Å². The smallest absolute Gasteiger partial charge is 0.309 e. The molecule has 23 heavy (non-hydrogen) atoms. The summed E-state index contributed by atoms with van der Waals surface area (Å²) in [6, 6.07) is 0. The number of rotatable bonds is 7. The number of hydrogen-bond donors (Lipinski definition) is 0. The molecule has 0 bridgehead atoms. The summed E-state index contributed by atoms with van der Waals surface area (Å²) in [5.41, 5.74) is -0.0162. The minimum absolute atomic E-state index is 0.0162. The minimum Gasteiger partial charge on any atom is -0.469 e. The molecule has 0 amide bonds. The van der Waals surface area contributed by atoms with Crippen LogP contribution >= 0.6 is 0 Å². The highest BCUT2D eigenvalue weighted by molar-refractivity contribution is 7.89. The van der Waals surface area contributed by atoms with E-state index in [-0.39, 0.29) is 29.2 Å². The van der Waals surface area contributed by atoms with Crippen LogP contribution in [0.4, 0.5) is 0 Å². The van der Waals surface area contributed by atoms with Crippen molar-refractivity contribution < 1.29 is 22.7 Å². The zero-order valence-corrected chi connectivity index (χ0v) is 15.4. The van der Waals surface area contributed by atoms with Gasteiger partial charge in [0.2, 0.25) is 10.0 Å². The van der Waals surface area contributed by atoms with Gasteiger partial charge in [0.25, 0.3) is 0 Å². The molecule has 7 heteroatoms. The second-order valence-electron chi connectivity index (χ2n) is 7.31. The van der Waals surface area contributed by atoms with Crippen molar-refractivity contribution in [3.05, 3.63) is 0 Å². The summed E-state index contributed by atoms with van der Waals surface area (Å²) in [5, 5.41) is 0. The molecule has 2 atom stereocenters. The van der Waals surface area contributed by atoms with Crippen molar-refractivity contribution in [1.29, 1.82) is 0 Å². The first-order chi connectivity index (χ1) is 10.7. The summed E-state index contributed by atoms with van der Waals surface area (Å²) < 4.78 is 36.9. The van der Waals surface area contributed by atoms with Gasteiger partial charge in [-0.2, -0.15) is 0 Å². The summed E-state index contributed by atoms with van der Waals surface area (Å²) in [6.45, 7) is 5.11. The third-order valence-electron chi connectivity index (χ3n) is 5.25. The van der Waals surface area contributed by atoms with Gasteiger partial charge in [0.1, 0.15) is 0 Å². The van der Waals surface area contributed by atoms with Crippen LogP contribution in [-0.4, -0.2) is 57.9 Å². The van der Waals surface area contributed by atoms with Crippen molar-refractivity contribution >= 4 is 16.0 Å². The van der Waals surface area contributed by atoms with Gasteiger partial charge >= 0.3 is 5.97 Å². The standard InChI is InChI=1S/C16H29NO5S/c1-12(2)9-13(21-3)11-23(19,20)17-7-5-16(6-8-17)10-14(16)15(18)22-4/h12-14H,5-11H2,1-4H3. The maximum absolute atomic E-state index is 12.6. The SMILES string of the molecule is COC(=O)C1CC12CCN(S(=O)(=O)CC(CC(C)C)OC)CC2. The van der Waals surface area contributed by atoms with Gasteiger partial charge in [0, 0.05) is 20.2 Å². The number of methoxy groups -OCH3 is 2. The van der Waals surface area contributed by atoms with Crippen LogP contribution < -0.4 is 0 Å². The Kier molecular flexibility index (Phi) is 5.74. The first-order valence-electron chi connectivity index (χ1n) is 8.32. The third kappa shape index (κ3) is 4.25. The Morgan fingerprint density at radius 2 is 1.87 bits per heavy atom. The number of piperidine rings is 1. The molecule has 1 aliphatic heterocycles. The molecular weight excluding hydrogens is 318 g/mol. The fraction of sp³-hybridized carbons (Fsp3) is 0.938. The van der Waals surface area contributed by atoms with Crippen LogP contribution in [0.1, 0.15) is 39.5 Å². The Morgan fingerprint density at radius 3 is 2.35 bits per heavy atom. The van der Waals surface area contributed by atoms with Crippen molar-refractivity contribution in [2.24, 2.45) is 17.3 Å². The molecule has 2 rings (SSSR count). The first-order valence-corrected chi connectivity index (χ1v) is 9.93. The van der Waals surface area contributed by atoms with Crippen LogP contribution in [0.2, 0.25) is 0 Å². The topological polar surface area (TPSA) is 72.9 Å². The molecule has 0 N–H and O–H groups in total. The molecule has 1 aliphatic carbocycles. The third-order valence-corrected chi connectivity index (χ3v) is 7.20. The van der Waals surface area contributed by atoms with Gasteiger partial charge in [-0.25, -0.2) is 12.7 Å². The molecule has 1 heterocycles. The zero-order chi connectivity index (χ0) is 17.3. The summed E-state index contributed by atoms with van der Waals surface area (Å²) in [5.74, 6) is 0.240. The van der Waals surface area contributed by atoms with Crippen LogP contribution in [-0.2, 0) is 24.3 Å². The number of ether oxygens (including phenoxy) is 2. The molecular formula is C16H29NO5S. The molecule has 134 valence electrons. The van der Waals surface area contributed by atoms with E-state index in [1.54, 1.807) is 11.4 Å². The van der Waals surface area contributed by atoms with E-state index in [1.165, 1.54) is 7.11 Å². The average Bonchev–Trinajstić information content (AvgIpc) is 3.19. The lowest BCUT2D eigenvalue weighted by atomic mass is 9.92. The van der Waals surface area contributed by atoms with Crippen molar-refractivity contribution in [3.8, 4) is 0 Å². The number of hydrogen-bond acceptors (Lipinski definition) is 5. The van der Waals surface area contributed by atoms with Gasteiger partial charge in [-0.1, -0.05) is 13.8 Å². The molecule has 1 saturated heterocycles. The lowest BCUT2D eigenvalue weighted by Gasteiger charge is -2.32. The number of sulfonamides is 1. The Balaban J connectivity index is 1.90. The highest BCUT2D eigenvalue weighted by atomic mass is 32.2. The lowest BCUT2D eigenvalue weighted by Crippen LogP contribution is -2.43. The van der Waals surface area contributed by atoms with E-state index in [9.17, 15) is 13.2 Å². The van der Waals surface area contributed by atoms with Gasteiger partial charge in [-0.3, -0.25) is 4.79 Å².